The molecule has 1 saturated heterocycles. The van der Waals surface area contributed by atoms with E-state index in [1.807, 2.05) is 4.68 Å². The number of aryl methyl sites for hydroxylation is 1. The third-order valence-corrected chi connectivity index (χ3v) is 3.28. The first kappa shape index (κ1) is 10.5. The zero-order valence-corrected chi connectivity index (χ0v) is 10.1. The molecule has 0 spiro atoms. The van der Waals surface area contributed by atoms with Gasteiger partial charge in [-0.25, -0.2) is 4.68 Å². The summed E-state index contributed by atoms with van der Waals surface area (Å²) in [5.74, 6) is 0. The molecule has 1 aromatic carbocycles. The Balaban J connectivity index is 1.99. The molecule has 0 bridgehead atoms. The Morgan fingerprint density at radius 3 is 2.88 bits per heavy atom. The number of nitrogens with zero attached hydrogens (tertiary/aromatic N) is 4. The number of fused-ring (bicyclic) bond motifs is 1. The van der Waals surface area contributed by atoms with E-state index < -0.39 is 0 Å². The van der Waals surface area contributed by atoms with Crippen molar-refractivity contribution < 1.29 is 0 Å². The second kappa shape index (κ2) is 4.33. The molecule has 0 atom stereocenters. The van der Waals surface area contributed by atoms with Crippen molar-refractivity contribution in [2.75, 3.05) is 31.1 Å². The maximum atomic E-state index is 4.16. The zero-order chi connectivity index (χ0) is 11.7. The average molecular weight is 231 g/mol. The molecule has 0 radical (unpaired) electrons. The van der Waals surface area contributed by atoms with E-state index in [-0.39, 0.29) is 0 Å². The van der Waals surface area contributed by atoms with Crippen molar-refractivity contribution in [1.29, 1.82) is 0 Å². The molecular formula is C12H17N5. The second-order valence-corrected chi connectivity index (χ2v) is 4.32. The standard InChI is InChI=1S/C12H17N5/c1-2-17-12-9-10(3-4-11(12)14-15-17)16-7-5-13-6-8-16/h3-4,9,13H,2,5-8H2,1H3. The zero-order valence-electron chi connectivity index (χ0n) is 10.1. The largest absolute Gasteiger partial charge is 0.369 e. The molecule has 3 rings (SSSR count). The summed E-state index contributed by atoms with van der Waals surface area (Å²) in [5, 5.41) is 11.7. The number of hydrogen-bond donors (Lipinski definition) is 1. The first-order chi connectivity index (χ1) is 8.38. The topological polar surface area (TPSA) is 46.0 Å². The van der Waals surface area contributed by atoms with Gasteiger partial charge in [-0.3, -0.25) is 0 Å². The molecule has 5 heteroatoms. The van der Waals surface area contributed by atoms with E-state index in [1.54, 1.807) is 0 Å². The molecule has 1 aromatic heterocycles. The van der Waals surface area contributed by atoms with Gasteiger partial charge in [0, 0.05) is 38.4 Å². The smallest absolute Gasteiger partial charge is 0.113 e. The van der Waals surface area contributed by atoms with Crippen LogP contribution < -0.4 is 10.2 Å². The van der Waals surface area contributed by atoms with Gasteiger partial charge in [0.15, 0.2) is 0 Å². The van der Waals surface area contributed by atoms with Crippen LogP contribution in [0.15, 0.2) is 18.2 Å². The molecule has 2 heterocycles. The van der Waals surface area contributed by atoms with Crippen LogP contribution in [0.5, 0.6) is 0 Å². The van der Waals surface area contributed by atoms with Crippen molar-refractivity contribution in [3.8, 4) is 0 Å². The SMILES string of the molecule is CCn1nnc2ccc(N3CCNCC3)cc21. The van der Waals surface area contributed by atoms with Crippen LogP contribution in [0.3, 0.4) is 0 Å². The Hall–Kier alpha value is -1.62. The van der Waals surface area contributed by atoms with Crippen LogP contribution in [0, 0.1) is 0 Å². The highest BCUT2D eigenvalue weighted by atomic mass is 15.4. The molecule has 5 nitrogen and oxygen atoms in total. The van der Waals surface area contributed by atoms with Gasteiger partial charge in [0.2, 0.25) is 0 Å². The number of benzene rings is 1. The van der Waals surface area contributed by atoms with Crippen LogP contribution in [0.25, 0.3) is 11.0 Å². The number of aromatic nitrogens is 3. The van der Waals surface area contributed by atoms with Gasteiger partial charge in [-0.2, -0.15) is 0 Å². The van der Waals surface area contributed by atoms with E-state index in [0.717, 1.165) is 43.8 Å². The molecule has 1 aliphatic heterocycles. The Morgan fingerprint density at radius 1 is 1.29 bits per heavy atom. The lowest BCUT2D eigenvalue weighted by atomic mass is 10.2. The van der Waals surface area contributed by atoms with Gasteiger partial charge in [-0.05, 0) is 25.1 Å². The highest BCUT2D eigenvalue weighted by molar-refractivity contribution is 5.79. The summed E-state index contributed by atoms with van der Waals surface area (Å²) >= 11 is 0. The normalized spacial score (nSPS) is 16.6. The van der Waals surface area contributed by atoms with Gasteiger partial charge in [-0.1, -0.05) is 5.21 Å². The maximum absolute atomic E-state index is 4.16. The van der Waals surface area contributed by atoms with Crippen molar-refractivity contribution >= 4 is 16.7 Å². The first-order valence-electron chi connectivity index (χ1n) is 6.17. The number of hydrogen-bond acceptors (Lipinski definition) is 4. The molecule has 0 amide bonds. The molecular weight excluding hydrogens is 214 g/mol. The minimum atomic E-state index is 0.863. The fourth-order valence-corrected chi connectivity index (χ4v) is 2.31. The minimum absolute atomic E-state index is 0.863. The predicted octanol–water partition coefficient (Wildman–Crippen LogP) is 0.861. The lowest BCUT2D eigenvalue weighted by Gasteiger charge is -2.29. The molecule has 0 aliphatic carbocycles. The fraction of sp³-hybridized carbons (Fsp3) is 0.500. The first-order valence-corrected chi connectivity index (χ1v) is 6.17. The number of rotatable bonds is 2. The number of anilines is 1. The summed E-state index contributed by atoms with van der Waals surface area (Å²) in [5.41, 5.74) is 3.38. The summed E-state index contributed by atoms with van der Waals surface area (Å²) in [6.45, 7) is 7.21. The molecule has 90 valence electrons. The average Bonchev–Trinajstić information content (AvgIpc) is 2.81. The van der Waals surface area contributed by atoms with Crippen molar-refractivity contribution in [3.63, 3.8) is 0 Å². The summed E-state index contributed by atoms with van der Waals surface area (Å²) < 4.78 is 1.95. The number of nitrogens with one attached hydrogen (secondary N) is 1. The second-order valence-electron chi connectivity index (χ2n) is 4.32. The summed E-state index contributed by atoms with van der Waals surface area (Å²) in [6, 6.07) is 6.40. The molecule has 1 aliphatic rings. The minimum Gasteiger partial charge on any atom is -0.369 e. The van der Waals surface area contributed by atoms with Crippen LogP contribution in [0.2, 0.25) is 0 Å². The van der Waals surface area contributed by atoms with Gasteiger partial charge in [-0.15, -0.1) is 5.10 Å². The van der Waals surface area contributed by atoms with Crippen LogP contribution in [0.1, 0.15) is 6.92 Å². The van der Waals surface area contributed by atoms with E-state index in [1.165, 1.54) is 5.69 Å². The Kier molecular flexibility index (Phi) is 2.68. The molecule has 0 saturated carbocycles. The van der Waals surface area contributed by atoms with Gasteiger partial charge in [0.25, 0.3) is 0 Å². The van der Waals surface area contributed by atoms with Crippen molar-refractivity contribution in [3.05, 3.63) is 18.2 Å². The molecule has 2 aromatic rings. The quantitative estimate of drug-likeness (QED) is 0.832. The lowest BCUT2D eigenvalue weighted by molar-refractivity contribution is 0.589. The van der Waals surface area contributed by atoms with E-state index >= 15 is 0 Å². The molecule has 1 N–H and O–H groups in total. The van der Waals surface area contributed by atoms with Crippen LogP contribution >= 0.6 is 0 Å². The maximum Gasteiger partial charge on any atom is 0.113 e. The van der Waals surface area contributed by atoms with Gasteiger partial charge >= 0.3 is 0 Å². The van der Waals surface area contributed by atoms with Crippen molar-refractivity contribution in [2.45, 2.75) is 13.5 Å². The lowest BCUT2D eigenvalue weighted by Crippen LogP contribution is -2.43. The van der Waals surface area contributed by atoms with Gasteiger partial charge in [0.1, 0.15) is 5.52 Å². The van der Waals surface area contributed by atoms with Gasteiger partial charge in [0.05, 0.1) is 5.52 Å². The van der Waals surface area contributed by atoms with Crippen LogP contribution in [-0.4, -0.2) is 41.2 Å². The predicted molar refractivity (Wildman–Crippen MR) is 68.3 cm³/mol. The summed E-state index contributed by atoms with van der Waals surface area (Å²) in [4.78, 5) is 2.41. The van der Waals surface area contributed by atoms with E-state index in [2.05, 4.69) is 45.7 Å². The van der Waals surface area contributed by atoms with Crippen LogP contribution in [0.4, 0.5) is 5.69 Å². The van der Waals surface area contributed by atoms with E-state index in [0.29, 0.717) is 0 Å². The highest BCUT2D eigenvalue weighted by Gasteiger charge is 2.12. The Bertz CT molecular complexity index is 513. The monoisotopic (exact) mass is 231 g/mol. The summed E-state index contributed by atoms with van der Waals surface area (Å²) in [7, 11) is 0. The highest BCUT2D eigenvalue weighted by Crippen LogP contribution is 2.21. The third-order valence-electron chi connectivity index (χ3n) is 3.28. The molecule has 0 unspecified atom stereocenters. The van der Waals surface area contributed by atoms with E-state index in [4.69, 9.17) is 0 Å². The van der Waals surface area contributed by atoms with Crippen LogP contribution in [-0.2, 0) is 6.54 Å². The third kappa shape index (κ3) is 1.86. The van der Waals surface area contributed by atoms with Crippen molar-refractivity contribution in [2.24, 2.45) is 0 Å². The number of piperazine rings is 1. The molecule has 1 fully saturated rings. The Labute approximate surface area is 100 Å². The molecule has 17 heavy (non-hydrogen) atoms. The van der Waals surface area contributed by atoms with Crippen molar-refractivity contribution in [1.82, 2.24) is 20.3 Å². The summed E-state index contributed by atoms with van der Waals surface area (Å²) in [6.07, 6.45) is 0. The van der Waals surface area contributed by atoms with Gasteiger partial charge < -0.3 is 10.2 Å². The Morgan fingerprint density at radius 2 is 2.12 bits per heavy atom. The van der Waals surface area contributed by atoms with E-state index in [9.17, 15) is 0 Å². The fourth-order valence-electron chi connectivity index (χ4n) is 2.31.